The van der Waals surface area contributed by atoms with Crippen molar-refractivity contribution in [1.29, 1.82) is 0 Å². The number of sulfone groups is 1. The Hall–Kier alpha value is -0.580. The molecule has 0 aromatic heterocycles. The molecule has 0 spiro atoms. The van der Waals surface area contributed by atoms with Crippen molar-refractivity contribution in [2.45, 2.75) is 49.6 Å². The van der Waals surface area contributed by atoms with Crippen LogP contribution in [-0.4, -0.2) is 20.2 Å². The summed E-state index contributed by atoms with van der Waals surface area (Å²) in [5.74, 6) is 0.951. The molecule has 1 aromatic rings. The number of hydrogen-bond donors (Lipinski definition) is 1. The lowest BCUT2D eigenvalue weighted by Crippen LogP contribution is -2.41. The van der Waals surface area contributed by atoms with Crippen molar-refractivity contribution < 1.29 is 8.42 Å². The first-order valence-corrected chi connectivity index (χ1v) is 9.28. The summed E-state index contributed by atoms with van der Waals surface area (Å²) >= 11 is 6.05. The van der Waals surface area contributed by atoms with E-state index in [1.54, 1.807) is 18.2 Å². The summed E-state index contributed by atoms with van der Waals surface area (Å²) in [7, 11) is -3.14. The number of hydrogen-bond acceptors (Lipinski definition) is 3. The molecular formula is C15H20ClNO2S. The van der Waals surface area contributed by atoms with E-state index in [0.717, 1.165) is 11.5 Å². The molecule has 1 N–H and O–H groups in total. The summed E-state index contributed by atoms with van der Waals surface area (Å²) in [6.07, 6.45) is 4.51. The molecule has 2 aliphatic rings. The quantitative estimate of drug-likeness (QED) is 0.931. The molecule has 1 aliphatic heterocycles. The zero-order chi connectivity index (χ0) is 14.3. The van der Waals surface area contributed by atoms with Crippen LogP contribution in [0.15, 0.2) is 23.1 Å². The molecule has 2 atom stereocenters. The molecule has 110 valence electrons. The zero-order valence-corrected chi connectivity index (χ0v) is 13.2. The van der Waals surface area contributed by atoms with E-state index in [0.29, 0.717) is 22.4 Å². The van der Waals surface area contributed by atoms with Gasteiger partial charge in [-0.3, -0.25) is 0 Å². The zero-order valence-electron chi connectivity index (χ0n) is 11.6. The van der Waals surface area contributed by atoms with Gasteiger partial charge in [0.25, 0.3) is 0 Å². The van der Waals surface area contributed by atoms with E-state index >= 15 is 0 Å². The second-order valence-corrected chi connectivity index (χ2v) is 8.50. The highest BCUT2D eigenvalue weighted by Gasteiger charge is 2.33. The molecule has 3 nitrogen and oxygen atoms in total. The Labute approximate surface area is 125 Å². The molecule has 5 heteroatoms. The maximum absolute atomic E-state index is 12.1. The van der Waals surface area contributed by atoms with Crippen LogP contribution in [0.3, 0.4) is 0 Å². The Morgan fingerprint density at radius 2 is 2.05 bits per heavy atom. The SMILES string of the molecule is C[C@@H](N[C@H]1CCS(=O)(=O)c2ccc(Cl)cc21)C1CCC1. The molecule has 0 radical (unpaired) electrons. The molecule has 1 aromatic carbocycles. The van der Waals surface area contributed by atoms with E-state index in [9.17, 15) is 8.42 Å². The second kappa shape index (κ2) is 5.32. The highest BCUT2D eigenvalue weighted by Crippen LogP contribution is 2.36. The van der Waals surface area contributed by atoms with Crippen molar-refractivity contribution >= 4 is 21.4 Å². The summed E-state index contributed by atoms with van der Waals surface area (Å²) < 4.78 is 24.3. The topological polar surface area (TPSA) is 46.2 Å². The number of fused-ring (bicyclic) bond motifs is 1. The Balaban J connectivity index is 1.88. The van der Waals surface area contributed by atoms with Crippen molar-refractivity contribution in [3.63, 3.8) is 0 Å². The molecule has 0 saturated heterocycles. The molecule has 0 bridgehead atoms. The van der Waals surface area contributed by atoms with Gasteiger partial charge in [-0.25, -0.2) is 8.42 Å². The predicted octanol–water partition coefficient (Wildman–Crippen LogP) is 3.34. The Morgan fingerprint density at radius 3 is 2.70 bits per heavy atom. The highest BCUT2D eigenvalue weighted by molar-refractivity contribution is 7.91. The predicted molar refractivity (Wildman–Crippen MR) is 80.8 cm³/mol. The molecule has 0 amide bonds. The van der Waals surface area contributed by atoms with Gasteiger partial charge < -0.3 is 5.32 Å². The summed E-state index contributed by atoms with van der Waals surface area (Å²) in [5.41, 5.74) is 0.843. The fourth-order valence-corrected chi connectivity index (χ4v) is 4.96. The van der Waals surface area contributed by atoms with Gasteiger partial charge in [0.15, 0.2) is 9.84 Å². The first kappa shape index (κ1) is 14.4. The van der Waals surface area contributed by atoms with E-state index in [2.05, 4.69) is 12.2 Å². The maximum atomic E-state index is 12.1. The maximum Gasteiger partial charge on any atom is 0.178 e. The van der Waals surface area contributed by atoms with E-state index in [1.807, 2.05) is 0 Å². The molecule has 1 saturated carbocycles. The lowest BCUT2D eigenvalue weighted by atomic mass is 9.80. The summed E-state index contributed by atoms with van der Waals surface area (Å²) in [4.78, 5) is 0.450. The number of rotatable bonds is 3. The van der Waals surface area contributed by atoms with Crippen molar-refractivity contribution in [2.24, 2.45) is 5.92 Å². The highest BCUT2D eigenvalue weighted by atomic mass is 35.5. The third kappa shape index (κ3) is 2.61. The third-order valence-corrected chi connectivity index (χ3v) is 6.73. The van der Waals surface area contributed by atoms with E-state index in [4.69, 9.17) is 11.6 Å². The number of halogens is 1. The molecule has 20 heavy (non-hydrogen) atoms. The van der Waals surface area contributed by atoms with Crippen LogP contribution in [0.4, 0.5) is 0 Å². The average molecular weight is 314 g/mol. The van der Waals surface area contributed by atoms with Crippen LogP contribution in [0.25, 0.3) is 0 Å². The fraction of sp³-hybridized carbons (Fsp3) is 0.600. The van der Waals surface area contributed by atoms with Gasteiger partial charge in [0.1, 0.15) is 0 Å². The Morgan fingerprint density at radius 1 is 1.30 bits per heavy atom. The minimum atomic E-state index is -3.14. The van der Waals surface area contributed by atoms with Crippen molar-refractivity contribution in [2.75, 3.05) is 5.75 Å². The standard InChI is InChI=1S/C15H20ClNO2S/c1-10(11-3-2-4-11)17-14-7-8-20(18,19)15-6-5-12(16)9-13(14)15/h5-6,9-11,14,17H,2-4,7-8H2,1H3/t10-,14+/m1/s1. The number of benzene rings is 1. The Kier molecular flexibility index (Phi) is 3.82. The van der Waals surface area contributed by atoms with Crippen LogP contribution in [0, 0.1) is 5.92 Å². The van der Waals surface area contributed by atoms with E-state index < -0.39 is 9.84 Å². The third-order valence-electron chi connectivity index (χ3n) is 4.68. The average Bonchev–Trinajstić information content (AvgIpc) is 2.30. The van der Waals surface area contributed by atoms with E-state index in [-0.39, 0.29) is 11.8 Å². The van der Waals surface area contributed by atoms with Gasteiger partial charge in [0.05, 0.1) is 10.6 Å². The van der Waals surface area contributed by atoms with Gasteiger partial charge in [-0.15, -0.1) is 0 Å². The molecule has 1 aliphatic carbocycles. The van der Waals surface area contributed by atoms with Crippen LogP contribution in [0.1, 0.15) is 44.2 Å². The van der Waals surface area contributed by atoms with Crippen LogP contribution in [0.5, 0.6) is 0 Å². The van der Waals surface area contributed by atoms with Gasteiger partial charge in [0.2, 0.25) is 0 Å². The smallest absolute Gasteiger partial charge is 0.178 e. The lowest BCUT2D eigenvalue weighted by Gasteiger charge is -2.36. The summed E-state index contributed by atoms with van der Waals surface area (Å²) in [6, 6.07) is 5.65. The summed E-state index contributed by atoms with van der Waals surface area (Å²) in [6.45, 7) is 2.21. The Bertz CT molecular complexity index is 610. The van der Waals surface area contributed by atoms with Crippen LogP contribution in [-0.2, 0) is 9.84 Å². The van der Waals surface area contributed by atoms with Crippen LogP contribution >= 0.6 is 11.6 Å². The van der Waals surface area contributed by atoms with Crippen molar-refractivity contribution in [3.8, 4) is 0 Å². The second-order valence-electron chi connectivity index (χ2n) is 5.99. The molecule has 1 heterocycles. The van der Waals surface area contributed by atoms with Gasteiger partial charge in [-0.2, -0.15) is 0 Å². The van der Waals surface area contributed by atoms with Gasteiger partial charge >= 0.3 is 0 Å². The van der Waals surface area contributed by atoms with Gasteiger partial charge in [-0.05, 0) is 55.9 Å². The fourth-order valence-electron chi connectivity index (χ4n) is 3.18. The van der Waals surface area contributed by atoms with Crippen LogP contribution < -0.4 is 5.32 Å². The first-order chi connectivity index (χ1) is 9.47. The van der Waals surface area contributed by atoms with Gasteiger partial charge in [-0.1, -0.05) is 18.0 Å². The minimum Gasteiger partial charge on any atom is -0.307 e. The van der Waals surface area contributed by atoms with Crippen molar-refractivity contribution in [1.82, 2.24) is 5.32 Å². The molecular weight excluding hydrogens is 294 g/mol. The van der Waals surface area contributed by atoms with Crippen LogP contribution in [0.2, 0.25) is 5.02 Å². The normalized spacial score (nSPS) is 26.6. The van der Waals surface area contributed by atoms with Crippen molar-refractivity contribution in [3.05, 3.63) is 28.8 Å². The molecule has 3 rings (SSSR count). The largest absolute Gasteiger partial charge is 0.307 e. The van der Waals surface area contributed by atoms with Gasteiger partial charge in [0, 0.05) is 17.1 Å². The van der Waals surface area contributed by atoms with E-state index in [1.165, 1.54) is 19.3 Å². The molecule has 1 fully saturated rings. The molecule has 0 unspecified atom stereocenters. The minimum absolute atomic E-state index is 0.0998. The monoisotopic (exact) mass is 313 g/mol. The number of nitrogens with one attached hydrogen (secondary N) is 1. The first-order valence-electron chi connectivity index (χ1n) is 7.25. The lowest BCUT2D eigenvalue weighted by molar-refractivity contribution is 0.224. The summed E-state index contributed by atoms with van der Waals surface area (Å²) in [5, 5.41) is 4.22.